The van der Waals surface area contributed by atoms with Crippen LogP contribution in [0.3, 0.4) is 0 Å². The monoisotopic (exact) mass is 271 g/mol. The van der Waals surface area contributed by atoms with Crippen molar-refractivity contribution in [1.82, 2.24) is 1.28 Å². The van der Waals surface area contributed by atoms with E-state index >= 15 is 0 Å². The SMILES string of the molecule is NCCC[C@H]([NH][Ce])C(=O)O. The Morgan fingerprint density at radius 1 is 1.80 bits per heavy atom. The summed E-state index contributed by atoms with van der Waals surface area (Å²) in [4.78, 5) is 10.4. The van der Waals surface area contributed by atoms with E-state index in [2.05, 4.69) is 1.28 Å². The van der Waals surface area contributed by atoms with E-state index in [0.29, 0.717) is 53.0 Å². The second-order valence-electron chi connectivity index (χ2n) is 1.97. The summed E-state index contributed by atoms with van der Waals surface area (Å²) in [5.41, 5.74) is 5.22. The molecule has 4 nitrogen and oxygen atoms in total. The maximum absolute atomic E-state index is 10.4. The van der Waals surface area contributed by atoms with Gasteiger partial charge in [-0.2, -0.15) is 0 Å². The van der Waals surface area contributed by atoms with Gasteiger partial charge in [-0.25, -0.2) is 0 Å². The molecule has 0 saturated heterocycles. The fourth-order valence-electron chi connectivity index (χ4n) is 0.579. The average molecular weight is 271 g/mol. The Balaban J connectivity index is 3.50. The molecule has 0 radical (unpaired) electrons. The Morgan fingerprint density at radius 3 is 2.70 bits per heavy atom. The van der Waals surface area contributed by atoms with E-state index < -0.39 is 5.97 Å². The fourth-order valence-corrected chi connectivity index (χ4v) is 1.42. The van der Waals surface area contributed by atoms with Crippen LogP contribution in [0, 0.1) is 40.0 Å². The molecule has 0 amide bonds. The van der Waals surface area contributed by atoms with Gasteiger partial charge in [-0.05, 0) is 0 Å². The molecule has 0 spiro atoms. The normalized spacial score (nSPS) is 12.8. The minimum absolute atomic E-state index is 0.379. The van der Waals surface area contributed by atoms with Gasteiger partial charge < -0.3 is 0 Å². The molecule has 0 unspecified atom stereocenters. The van der Waals surface area contributed by atoms with E-state index in [-0.39, 0.29) is 6.04 Å². The molecular weight excluding hydrogens is 260 g/mol. The van der Waals surface area contributed by atoms with Crippen molar-refractivity contribution in [2.75, 3.05) is 6.54 Å². The predicted molar refractivity (Wildman–Crippen MR) is 32.8 cm³/mol. The molecule has 0 bridgehead atoms. The van der Waals surface area contributed by atoms with Crippen LogP contribution < -0.4 is 7.01 Å². The van der Waals surface area contributed by atoms with Crippen molar-refractivity contribution in [3.63, 3.8) is 0 Å². The molecule has 4 N–H and O–H groups in total. The maximum atomic E-state index is 10.4. The summed E-state index contributed by atoms with van der Waals surface area (Å²) in [5, 5.41) is 8.52. The molecule has 1 atom stereocenters. The predicted octanol–water partition coefficient (Wildman–Crippen LogP) is -0.768. The van der Waals surface area contributed by atoms with Gasteiger partial charge in [0.1, 0.15) is 0 Å². The standard InChI is InChI=1S/C5H11N2O2.Ce/c6-3-1-2-4(7)5(8)9;/h4,7H,1-3,6H2,(H,8,9);/q-1;+1/t4-;/m0./s1. The Hall–Kier alpha value is 0.767. The second kappa shape index (κ2) is 6.48. The summed E-state index contributed by atoms with van der Waals surface area (Å²) in [6.45, 7) is 0.563. The first-order chi connectivity index (χ1) is 4.72. The van der Waals surface area contributed by atoms with Gasteiger partial charge in [0.05, 0.1) is 0 Å². The molecular formula is C5H11CeN2O2. The first kappa shape index (κ1) is 10.8. The van der Waals surface area contributed by atoms with E-state index in [0.717, 1.165) is 6.42 Å². The third kappa shape index (κ3) is 4.56. The number of nitrogens with one attached hydrogen (secondary N) is 1. The third-order valence-electron chi connectivity index (χ3n) is 1.17. The summed E-state index contributed by atoms with van der Waals surface area (Å²) in [6.07, 6.45) is 1.40. The van der Waals surface area contributed by atoms with Crippen molar-refractivity contribution in [2.45, 2.75) is 18.9 Å². The van der Waals surface area contributed by atoms with Gasteiger partial charge in [-0.1, -0.05) is 0 Å². The number of aliphatic carboxylic acids is 1. The zero-order valence-electron chi connectivity index (χ0n) is 5.63. The molecule has 0 aliphatic rings. The van der Waals surface area contributed by atoms with Gasteiger partial charge in [0.25, 0.3) is 0 Å². The number of nitrogens with two attached hydrogens (primary N) is 1. The quantitative estimate of drug-likeness (QED) is 0.614. The summed E-state index contributed by atoms with van der Waals surface area (Å²) < 4.78 is 2.82. The summed E-state index contributed by atoms with van der Waals surface area (Å²) in [7, 11) is 0. The molecule has 0 heterocycles. The summed E-state index contributed by atoms with van der Waals surface area (Å²) in [5.74, 6) is -0.775. The second-order valence-corrected chi connectivity index (χ2v) is 2.87. The van der Waals surface area contributed by atoms with Crippen LogP contribution in [0.4, 0.5) is 0 Å². The van der Waals surface area contributed by atoms with Crippen molar-refractivity contribution in [3.8, 4) is 0 Å². The zero-order valence-corrected chi connectivity index (χ0v) is 8.77. The number of hydrogen-bond donors (Lipinski definition) is 3. The van der Waals surface area contributed by atoms with E-state index in [1.165, 1.54) is 0 Å². The molecule has 0 aromatic carbocycles. The zero-order chi connectivity index (χ0) is 7.98. The van der Waals surface area contributed by atoms with Crippen LogP contribution >= 0.6 is 0 Å². The van der Waals surface area contributed by atoms with Crippen LogP contribution in [0.5, 0.6) is 0 Å². The Bertz CT molecular complexity index is 110. The van der Waals surface area contributed by atoms with Gasteiger partial charge in [0, 0.05) is 0 Å². The van der Waals surface area contributed by atoms with Gasteiger partial charge in [-0.3, -0.25) is 0 Å². The molecule has 0 rings (SSSR count). The molecule has 57 valence electrons. The Morgan fingerprint density at radius 2 is 2.40 bits per heavy atom. The van der Waals surface area contributed by atoms with E-state index in [1.807, 2.05) is 0 Å². The van der Waals surface area contributed by atoms with Crippen LogP contribution in [0.15, 0.2) is 0 Å². The van der Waals surface area contributed by atoms with E-state index in [1.54, 1.807) is 0 Å². The van der Waals surface area contributed by atoms with Crippen LogP contribution in [0.25, 0.3) is 0 Å². The van der Waals surface area contributed by atoms with Crippen LogP contribution in [-0.2, 0) is 4.79 Å². The fraction of sp³-hybridized carbons (Fsp3) is 0.800. The molecule has 0 fully saturated rings. The molecule has 5 heteroatoms. The topological polar surface area (TPSA) is 75.3 Å². The average Bonchev–Trinajstić information content (AvgIpc) is 1.89. The first-order valence-electron chi connectivity index (χ1n) is 3.07. The molecule has 10 heavy (non-hydrogen) atoms. The van der Waals surface area contributed by atoms with Gasteiger partial charge in [-0.15, -0.1) is 0 Å². The van der Waals surface area contributed by atoms with Crippen LogP contribution in [0.2, 0.25) is 0 Å². The number of hydrogen-bond acceptors (Lipinski definition) is 3. The molecule has 0 saturated carbocycles. The number of carboxylic acid groups (broad SMARTS) is 1. The van der Waals surface area contributed by atoms with E-state index in [4.69, 9.17) is 10.8 Å². The molecule has 0 aliphatic heterocycles. The van der Waals surface area contributed by atoms with Crippen molar-refractivity contribution < 1.29 is 49.9 Å². The number of carboxylic acids is 1. The van der Waals surface area contributed by atoms with Gasteiger partial charge in [0.2, 0.25) is 0 Å². The van der Waals surface area contributed by atoms with Crippen molar-refractivity contribution >= 4 is 5.97 Å². The van der Waals surface area contributed by atoms with Crippen molar-refractivity contribution in [1.29, 1.82) is 0 Å². The van der Waals surface area contributed by atoms with Crippen molar-refractivity contribution in [3.05, 3.63) is 0 Å². The van der Waals surface area contributed by atoms with Crippen LogP contribution in [-0.4, -0.2) is 23.7 Å². The number of carbonyl (C=O) groups is 1. The molecule has 0 aromatic rings. The first-order valence-corrected chi connectivity index (χ1v) is 4.64. The molecule has 0 aliphatic carbocycles. The van der Waals surface area contributed by atoms with Gasteiger partial charge >= 0.3 is 88.4 Å². The van der Waals surface area contributed by atoms with Crippen LogP contribution in [0.1, 0.15) is 12.8 Å². The number of rotatable bonds is 5. The minimum atomic E-state index is -0.775. The third-order valence-corrected chi connectivity index (χ3v) is 2.26. The molecule has 0 aromatic heterocycles. The summed E-state index contributed by atoms with van der Waals surface area (Å²) in [6, 6.07) is -0.379. The van der Waals surface area contributed by atoms with E-state index in [9.17, 15) is 4.79 Å². The van der Waals surface area contributed by atoms with Gasteiger partial charge in [0.15, 0.2) is 0 Å². The Kier molecular flexibility index (Phi) is 6.97. The summed E-state index contributed by atoms with van der Waals surface area (Å²) >= 11 is 0.715. The van der Waals surface area contributed by atoms with Crippen molar-refractivity contribution in [2.24, 2.45) is 5.73 Å². The Labute approximate surface area is 87.6 Å².